The number of aryl methyl sites for hydroxylation is 1. The van der Waals surface area contributed by atoms with E-state index in [2.05, 4.69) is 11.2 Å². The summed E-state index contributed by atoms with van der Waals surface area (Å²) in [4.78, 5) is 16.8. The molecule has 0 bridgehead atoms. The molecule has 2 aliphatic carbocycles. The maximum absolute atomic E-state index is 11.9. The number of amidine groups is 1. The van der Waals surface area contributed by atoms with Crippen molar-refractivity contribution in [3.8, 4) is 6.07 Å². The Bertz CT molecular complexity index is 789. The molecule has 0 atom stereocenters. The number of nitrogens with zero attached hydrogens (tertiary/aromatic N) is 2. The van der Waals surface area contributed by atoms with E-state index >= 15 is 0 Å². The normalized spacial score (nSPS) is 18.4. The predicted octanol–water partition coefficient (Wildman–Crippen LogP) is 4.85. The van der Waals surface area contributed by atoms with Crippen molar-refractivity contribution in [3.63, 3.8) is 0 Å². The van der Waals surface area contributed by atoms with Crippen molar-refractivity contribution in [3.05, 3.63) is 35.4 Å². The molecule has 0 saturated heterocycles. The van der Waals surface area contributed by atoms with Gasteiger partial charge in [0, 0.05) is 18.8 Å². The lowest BCUT2D eigenvalue weighted by atomic mass is 9.90. The van der Waals surface area contributed by atoms with Crippen LogP contribution >= 0.6 is 0 Å². The molecule has 2 fully saturated rings. The third kappa shape index (κ3) is 7.36. The van der Waals surface area contributed by atoms with Gasteiger partial charge in [-0.1, -0.05) is 55.5 Å². The molecule has 168 valence electrons. The zero-order valence-electron chi connectivity index (χ0n) is 18.5. The lowest BCUT2D eigenvalue weighted by molar-refractivity contribution is -0.147. The first-order chi connectivity index (χ1) is 15.1. The Labute approximate surface area is 185 Å². The predicted molar refractivity (Wildman–Crippen MR) is 120 cm³/mol. The average molecular weight is 426 g/mol. The van der Waals surface area contributed by atoms with Crippen LogP contribution < -0.4 is 5.73 Å². The molecule has 6 heteroatoms. The second kappa shape index (κ2) is 11.9. The number of ether oxygens (including phenoxy) is 1. The van der Waals surface area contributed by atoms with Crippen molar-refractivity contribution in [1.82, 2.24) is 0 Å². The third-order valence-corrected chi connectivity index (χ3v) is 6.39. The highest BCUT2D eigenvalue weighted by molar-refractivity contribution is 5.97. The Morgan fingerprint density at radius 2 is 1.94 bits per heavy atom. The summed E-state index contributed by atoms with van der Waals surface area (Å²) in [7, 11) is 0. The topological polar surface area (TPSA) is 97.7 Å². The summed E-state index contributed by atoms with van der Waals surface area (Å²) in [5, 5.41) is 12.8. The molecule has 6 nitrogen and oxygen atoms in total. The van der Waals surface area contributed by atoms with Crippen molar-refractivity contribution >= 4 is 11.8 Å². The van der Waals surface area contributed by atoms with Crippen molar-refractivity contribution in [2.45, 2.75) is 77.0 Å². The Balaban J connectivity index is 1.30. The van der Waals surface area contributed by atoms with Gasteiger partial charge in [-0.05, 0) is 62.5 Å². The molecule has 2 N–H and O–H groups in total. The van der Waals surface area contributed by atoms with E-state index in [0.717, 1.165) is 44.0 Å². The monoisotopic (exact) mass is 425 g/mol. The number of oxime groups is 1. The minimum atomic E-state index is -1.01. The first-order valence-electron chi connectivity index (χ1n) is 11.8. The number of hydrogen-bond donors (Lipinski definition) is 1. The molecule has 2 aliphatic rings. The van der Waals surface area contributed by atoms with Crippen LogP contribution in [0.4, 0.5) is 0 Å². The van der Waals surface area contributed by atoms with Crippen LogP contribution in [-0.2, 0) is 20.8 Å². The lowest BCUT2D eigenvalue weighted by Crippen LogP contribution is -2.19. The number of rotatable bonds is 12. The largest absolute Gasteiger partial charge is 0.381 e. The Kier molecular flexibility index (Phi) is 8.90. The van der Waals surface area contributed by atoms with E-state index in [-0.39, 0.29) is 5.84 Å². The van der Waals surface area contributed by atoms with E-state index in [0.29, 0.717) is 12.8 Å². The minimum Gasteiger partial charge on any atom is -0.381 e. The average Bonchev–Trinajstić information content (AvgIpc) is 3.61. The molecule has 0 unspecified atom stereocenters. The quantitative estimate of drug-likeness (QED) is 0.170. The number of benzene rings is 1. The van der Waals surface area contributed by atoms with Gasteiger partial charge in [0.1, 0.15) is 0 Å². The molecule has 2 saturated carbocycles. The summed E-state index contributed by atoms with van der Waals surface area (Å²) in [5.74, 6) is 0.331. The molecule has 31 heavy (non-hydrogen) atoms. The first kappa shape index (κ1) is 23.3. The molecule has 1 aromatic carbocycles. The van der Waals surface area contributed by atoms with E-state index in [1.54, 1.807) is 0 Å². The Morgan fingerprint density at radius 1 is 1.16 bits per heavy atom. The van der Waals surface area contributed by atoms with Crippen LogP contribution in [0.2, 0.25) is 0 Å². The summed E-state index contributed by atoms with van der Waals surface area (Å²) in [6.07, 6.45) is 13.5. The van der Waals surface area contributed by atoms with Gasteiger partial charge in [0.05, 0.1) is 6.07 Å². The smallest absolute Gasteiger partial charge is 0.355 e. The summed E-state index contributed by atoms with van der Waals surface area (Å²) < 4.78 is 5.87. The SMILES string of the molecule is N#CC1(C(=O)O/N=C(\N)c2cccc(CCCCCCOCC3CCCCC3)c2)CC1. The van der Waals surface area contributed by atoms with Gasteiger partial charge in [0.25, 0.3) is 0 Å². The van der Waals surface area contributed by atoms with E-state index in [4.69, 9.17) is 20.6 Å². The van der Waals surface area contributed by atoms with Crippen LogP contribution in [0.25, 0.3) is 0 Å². The van der Waals surface area contributed by atoms with Crippen LogP contribution in [0.5, 0.6) is 0 Å². The molecular formula is C25H35N3O3. The highest BCUT2D eigenvalue weighted by Gasteiger charge is 2.53. The van der Waals surface area contributed by atoms with Gasteiger partial charge < -0.3 is 15.3 Å². The number of carbonyl (C=O) groups is 1. The van der Waals surface area contributed by atoms with Gasteiger partial charge in [0.15, 0.2) is 11.3 Å². The van der Waals surface area contributed by atoms with Crippen LogP contribution in [0.3, 0.4) is 0 Å². The lowest BCUT2D eigenvalue weighted by Gasteiger charge is -2.21. The molecular weight excluding hydrogens is 390 g/mol. The summed E-state index contributed by atoms with van der Waals surface area (Å²) in [5.41, 5.74) is 6.87. The molecule has 3 rings (SSSR count). The summed E-state index contributed by atoms with van der Waals surface area (Å²) in [6.45, 7) is 1.83. The van der Waals surface area contributed by atoms with Gasteiger partial charge in [-0.15, -0.1) is 0 Å². The van der Waals surface area contributed by atoms with E-state index in [1.165, 1.54) is 50.5 Å². The molecule has 0 aromatic heterocycles. The van der Waals surface area contributed by atoms with Gasteiger partial charge in [-0.25, -0.2) is 4.79 Å². The van der Waals surface area contributed by atoms with Crippen molar-refractivity contribution in [1.29, 1.82) is 5.26 Å². The van der Waals surface area contributed by atoms with Crippen molar-refractivity contribution < 1.29 is 14.4 Å². The van der Waals surface area contributed by atoms with Gasteiger partial charge in [0.2, 0.25) is 0 Å². The molecule has 0 heterocycles. The van der Waals surface area contributed by atoms with Crippen LogP contribution in [0, 0.1) is 22.7 Å². The molecule has 1 aromatic rings. The number of nitrogens with two attached hydrogens (primary N) is 1. The van der Waals surface area contributed by atoms with Gasteiger partial charge in [-0.2, -0.15) is 5.26 Å². The van der Waals surface area contributed by atoms with E-state index in [1.807, 2.05) is 24.3 Å². The highest BCUT2D eigenvalue weighted by atomic mass is 16.7. The van der Waals surface area contributed by atoms with Crippen molar-refractivity contribution in [2.24, 2.45) is 22.2 Å². The third-order valence-electron chi connectivity index (χ3n) is 6.39. The Hall–Kier alpha value is -2.39. The van der Waals surface area contributed by atoms with Gasteiger partial charge >= 0.3 is 5.97 Å². The molecule has 0 aliphatic heterocycles. The summed E-state index contributed by atoms with van der Waals surface area (Å²) in [6, 6.07) is 9.83. The number of hydrogen-bond acceptors (Lipinski definition) is 5. The maximum atomic E-state index is 11.9. The number of carbonyl (C=O) groups excluding carboxylic acids is 1. The number of nitriles is 1. The Morgan fingerprint density at radius 3 is 2.68 bits per heavy atom. The van der Waals surface area contributed by atoms with Crippen LogP contribution in [-0.4, -0.2) is 25.0 Å². The highest BCUT2D eigenvalue weighted by Crippen LogP contribution is 2.46. The number of unbranched alkanes of at least 4 members (excludes halogenated alkanes) is 3. The second-order valence-corrected chi connectivity index (χ2v) is 8.99. The van der Waals surface area contributed by atoms with E-state index < -0.39 is 11.4 Å². The second-order valence-electron chi connectivity index (χ2n) is 8.99. The molecule has 0 radical (unpaired) electrons. The van der Waals surface area contributed by atoms with E-state index in [9.17, 15) is 4.79 Å². The minimum absolute atomic E-state index is 0.152. The van der Waals surface area contributed by atoms with Gasteiger partial charge in [-0.3, -0.25) is 0 Å². The fraction of sp³-hybridized carbons (Fsp3) is 0.640. The van der Waals surface area contributed by atoms with Crippen LogP contribution in [0.1, 0.15) is 81.8 Å². The fourth-order valence-electron chi connectivity index (χ4n) is 4.09. The van der Waals surface area contributed by atoms with Crippen molar-refractivity contribution in [2.75, 3.05) is 13.2 Å². The molecule has 0 amide bonds. The fourth-order valence-corrected chi connectivity index (χ4v) is 4.09. The zero-order valence-corrected chi connectivity index (χ0v) is 18.5. The first-order valence-corrected chi connectivity index (χ1v) is 11.8. The van der Waals surface area contributed by atoms with Crippen LogP contribution in [0.15, 0.2) is 29.4 Å². The molecule has 0 spiro atoms. The summed E-state index contributed by atoms with van der Waals surface area (Å²) >= 11 is 0. The zero-order chi connectivity index (χ0) is 21.9. The standard InChI is InChI=1S/C25H35N3O3/c26-19-25(14-15-25)24(29)31-28-23(27)22-13-8-12-20(17-22)9-4-1-2-7-16-30-18-21-10-5-3-6-11-21/h8,12-13,17,21H,1-7,9-11,14-16,18H2,(H2,27,28). The maximum Gasteiger partial charge on any atom is 0.355 e.